The molecule has 4 rings (SSSR count). The maximum atomic E-state index is 12.6. The zero-order chi connectivity index (χ0) is 19.8. The molecule has 0 bridgehead atoms. The number of carbonyl (C=O) groups excluding carboxylic acids is 1. The average molecular weight is 379 g/mol. The first-order chi connectivity index (χ1) is 13.5. The third-order valence-corrected chi connectivity index (χ3v) is 5.48. The third-order valence-electron chi connectivity index (χ3n) is 5.48. The summed E-state index contributed by atoms with van der Waals surface area (Å²) >= 11 is 0. The Bertz CT molecular complexity index is 1160. The second-order valence-electron chi connectivity index (χ2n) is 7.37. The molecule has 1 saturated carbocycles. The van der Waals surface area contributed by atoms with Gasteiger partial charge in [0.05, 0.1) is 0 Å². The zero-order valence-electron chi connectivity index (χ0n) is 15.6. The fraction of sp³-hybridized carbons (Fsp3) is 0.333. The molecule has 1 fully saturated rings. The number of carboxylic acid groups (broad SMARTS) is 1. The van der Waals surface area contributed by atoms with Crippen LogP contribution in [0.15, 0.2) is 35.4 Å². The number of aromatic nitrogens is 2. The van der Waals surface area contributed by atoms with Crippen LogP contribution in [0, 0.1) is 12.8 Å². The van der Waals surface area contributed by atoms with E-state index < -0.39 is 11.5 Å². The summed E-state index contributed by atoms with van der Waals surface area (Å²) in [7, 11) is 0. The molecule has 0 saturated heterocycles. The molecule has 7 heteroatoms. The van der Waals surface area contributed by atoms with E-state index in [1.807, 2.05) is 19.1 Å². The number of carboxylic acids is 1. The highest BCUT2D eigenvalue weighted by molar-refractivity contribution is 6.01. The van der Waals surface area contributed by atoms with Crippen LogP contribution in [0.5, 0.6) is 0 Å². The number of aromatic carboxylic acids is 1. The molecule has 3 aromatic rings. The summed E-state index contributed by atoms with van der Waals surface area (Å²) in [6, 6.07) is 5.53. The van der Waals surface area contributed by atoms with Crippen LogP contribution >= 0.6 is 0 Å². The van der Waals surface area contributed by atoms with Crippen LogP contribution in [0.3, 0.4) is 0 Å². The van der Waals surface area contributed by atoms with Crippen LogP contribution < -0.4 is 10.9 Å². The van der Waals surface area contributed by atoms with Gasteiger partial charge in [-0.2, -0.15) is 0 Å². The highest BCUT2D eigenvalue weighted by Crippen LogP contribution is 2.28. The molecular weight excluding hydrogens is 358 g/mol. The quantitative estimate of drug-likeness (QED) is 0.680. The molecule has 144 valence electrons. The summed E-state index contributed by atoms with van der Waals surface area (Å²) in [5.41, 5.74) is 0.827. The molecule has 2 heterocycles. The number of nitrogens with one attached hydrogen (secondary N) is 1. The maximum Gasteiger partial charge on any atom is 0.342 e. The summed E-state index contributed by atoms with van der Waals surface area (Å²) in [4.78, 5) is 40.5. The SMILES string of the molecule is Cc1cn2c(=O)c(C(=O)O)cnc2c2cc(NC(=O)C3CCCCC3)ccc12. The van der Waals surface area contributed by atoms with Gasteiger partial charge in [0.25, 0.3) is 5.56 Å². The Morgan fingerprint density at radius 2 is 1.93 bits per heavy atom. The molecule has 0 unspecified atom stereocenters. The second kappa shape index (κ2) is 7.07. The van der Waals surface area contributed by atoms with Gasteiger partial charge in [0, 0.05) is 29.4 Å². The van der Waals surface area contributed by atoms with E-state index in [4.69, 9.17) is 0 Å². The van der Waals surface area contributed by atoms with Crippen LogP contribution in [0.1, 0.15) is 48.0 Å². The number of hydrogen-bond acceptors (Lipinski definition) is 4. The van der Waals surface area contributed by atoms with E-state index in [0.717, 1.165) is 42.8 Å². The van der Waals surface area contributed by atoms with Crippen molar-refractivity contribution >= 4 is 34.0 Å². The Morgan fingerprint density at radius 1 is 1.18 bits per heavy atom. The Balaban J connectivity index is 1.80. The fourth-order valence-electron chi connectivity index (χ4n) is 3.96. The van der Waals surface area contributed by atoms with Gasteiger partial charge in [-0.15, -0.1) is 0 Å². The Hall–Kier alpha value is -3.22. The predicted octanol–water partition coefficient (Wildman–Crippen LogP) is 3.37. The first kappa shape index (κ1) is 18.2. The molecule has 1 aromatic carbocycles. The number of fused-ring (bicyclic) bond motifs is 3. The van der Waals surface area contributed by atoms with Crippen LogP contribution in [0.4, 0.5) is 5.69 Å². The smallest absolute Gasteiger partial charge is 0.342 e. The van der Waals surface area contributed by atoms with E-state index in [0.29, 0.717) is 16.7 Å². The van der Waals surface area contributed by atoms with Crippen molar-refractivity contribution in [1.29, 1.82) is 0 Å². The molecule has 0 spiro atoms. The van der Waals surface area contributed by atoms with E-state index in [1.54, 1.807) is 12.3 Å². The summed E-state index contributed by atoms with van der Waals surface area (Å²) < 4.78 is 1.26. The van der Waals surface area contributed by atoms with Crippen molar-refractivity contribution in [2.45, 2.75) is 39.0 Å². The Kier molecular flexibility index (Phi) is 4.58. The standard InChI is InChI=1S/C21H21N3O4/c1-12-11-24-18(22-10-17(20(24)26)21(27)28)16-9-14(7-8-15(12)16)23-19(25)13-5-3-2-4-6-13/h7-11,13H,2-6H2,1H3,(H,23,25)(H,27,28). The first-order valence-corrected chi connectivity index (χ1v) is 9.44. The molecule has 1 amide bonds. The van der Waals surface area contributed by atoms with E-state index in [2.05, 4.69) is 10.3 Å². The molecular formula is C21H21N3O4. The number of anilines is 1. The van der Waals surface area contributed by atoms with Crippen molar-refractivity contribution in [1.82, 2.24) is 9.38 Å². The van der Waals surface area contributed by atoms with Gasteiger partial charge in [0.1, 0.15) is 11.2 Å². The number of carbonyl (C=O) groups is 2. The number of benzene rings is 1. The van der Waals surface area contributed by atoms with Crippen molar-refractivity contribution < 1.29 is 14.7 Å². The topological polar surface area (TPSA) is 101 Å². The summed E-state index contributed by atoms with van der Waals surface area (Å²) in [5.74, 6) is -1.25. The van der Waals surface area contributed by atoms with Crippen molar-refractivity contribution in [3.05, 3.63) is 52.1 Å². The third kappa shape index (κ3) is 3.13. The molecule has 0 atom stereocenters. The van der Waals surface area contributed by atoms with Gasteiger partial charge < -0.3 is 10.4 Å². The molecule has 2 N–H and O–H groups in total. The molecule has 1 aliphatic carbocycles. The lowest BCUT2D eigenvalue weighted by molar-refractivity contribution is -0.120. The number of nitrogens with zero attached hydrogens (tertiary/aromatic N) is 2. The van der Waals surface area contributed by atoms with Crippen LogP contribution in [-0.2, 0) is 4.79 Å². The Morgan fingerprint density at radius 3 is 2.64 bits per heavy atom. The maximum absolute atomic E-state index is 12.6. The minimum Gasteiger partial charge on any atom is -0.477 e. The predicted molar refractivity (Wildman–Crippen MR) is 106 cm³/mol. The Labute approximate surface area is 161 Å². The first-order valence-electron chi connectivity index (χ1n) is 9.44. The monoisotopic (exact) mass is 379 g/mol. The number of hydrogen-bond donors (Lipinski definition) is 2. The van der Waals surface area contributed by atoms with Gasteiger partial charge in [0.15, 0.2) is 0 Å². The molecule has 1 aliphatic rings. The van der Waals surface area contributed by atoms with E-state index >= 15 is 0 Å². The van der Waals surface area contributed by atoms with E-state index in [9.17, 15) is 19.5 Å². The van der Waals surface area contributed by atoms with Crippen molar-refractivity contribution in [2.24, 2.45) is 5.92 Å². The normalized spacial score (nSPS) is 15.0. The zero-order valence-corrected chi connectivity index (χ0v) is 15.6. The molecule has 0 radical (unpaired) electrons. The number of aryl methyl sites for hydroxylation is 1. The van der Waals surface area contributed by atoms with Crippen LogP contribution in [0.25, 0.3) is 16.4 Å². The number of amides is 1. The molecule has 7 nitrogen and oxygen atoms in total. The van der Waals surface area contributed by atoms with E-state index in [1.165, 1.54) is 10.8 Å². The minimum absolute atomic E-state index is 0.0225. The lowest BCUT2D eigenvalue weighted by atomic mass is 9.88. The molecule has 0 aliphatic heterocycles. The van der Waals surface area contributed by atoms with Crippen LogP contribution in [-0.4, -0.2) is 26.4 Å². The summed E-state index contributed by atoms with van der Waals surface area (Å²) in [6.07, 6.45) is 7.86. The molecule has 28 heavy (non-hydrogen) atoms. The lowest BCUT2D eigenvalue weighted by Gasteiger charge is -2.21. The van der Waals surface area contributed by atoms with Gasteiger partial charge in [-0.1, -0.05) is 25.3 Å². The van der Waals surface area contributed by atoms with Crippen molar-refractivity contribution in [3.63, 3.8) is 0 Å². The van der Waals surface area contributed by atoms with Gasteiger partial charge in [0.2, 0.25) is 5.91 Å². The fourth-order valence-corrected chi connectivity index (χ4v) is 3.96. The van der Waals surface area contributed by atoms with Gasteiger partial charge in [-0.3, -0.25) is 14.0 Å². The highest BCUT2D eigenvalue weighted by atomic mass is 16.4. The van der Waals surface area contributed by atoms with Gasteiger partial charge in [-0.25, -0.2) is 9.78 Å². The largest absolute Gasteiger partial charge is 0.477 e. The highest BCUT2D eigenvalue weighted by Gasteiger charge is 2.21. The van der Waals surface area contributed by atoms with Crippen molar-refractivity contribution in [2.75, 3.05) is 5.32 Å². The average Bonchev–Trinajstić information content (AvgIpc) is 2.69. The van der Waals surface area contributed by atoms with Crippen LogP contribution in [0.2, 0.25) is 0 Å². The van der Waals surface area contributed by atoms with E-state index in [-0.39, 0.29) is 17.4 Å². The lowest BCUT2D eigenvalue weighted by Crippen LogP contribution is -2.24. The number of pyridine rings is 1. The van der Waals surface area contributed by atoms with Crippen molar-refractivity contribution in [3.8, 4) is 0 Å². The van der Waals surface area contributed by atoms with Gasteiger partial charge in [-0.05, 0) is 42.8 Å². The molecule has 2 aromatic heterocycles. The minimum atomic E-state index is -1.31. The summed E-state index contributed by atoms with van der Waals surface area (Å²) in [6.45, 7) is 1.85. The van der Waals surface area contributed by atoms with Gasteiger partial charge >= 0.3 is 5.97 Å². The summed E-state index contributed by atoms with van der Waals surface area (Å²) in [5, 5.41) is 13.7. The second-order valence-corrected chi connectivity index (χ2v) is 7.37. The number of rotatable bonds is 3.